The standard InChI is InChI=1S/C21H22F3N3O3/c1-11(2)19(27-20(29)13-6-4-12(3)5-7-13)21(30)25-10-16(28)26-15-9-8-14(22)17(23)18(15)24/h4-9,11,19H,10H2,1-3H3,(H,25,30)(H,26,28)(H,27,29)/t19-/m0/s1. The molecule has 0 spiro atoms. The Labute approximate surface area is 171 Å². The van der Waals surface area contributed by atoms with Gasteiger partial charge in [-0.25, -0.2) is 13.2 Å². The lowest BCUT2D eigenvalue weighted by molar-refractivity contribution is -0.126. The van der Waals surface area contributed by atoms with Crippen LogP contribution >= 0.6 is 0 Å². The number of nitrogens with one attached hydrogen (secondary N) is 3. The van der Waals surface area contributed by atoms with E-state index in [1.807, 2.05) is 6.92 Å². The third-order valence-electron chi connectivity index (χ3n) is 4.28. The molecule has 0 heterocycles. The van der Waals surface area contributed by atoms with Crippen molar-refractivity contribution in [3.8, 4) is 0 Å². The summed E-state index contributed by atoms with van der Waals surface area (Å²) in [5.74, 6) is -6.84. The highest BCUT2D eigenvalue weighted by Gasteiger charge is 2.25. The van der Waals surface area contributed by atoms with Gasteiger partial charge in [-0.2, -0.15) is 0 Å². The van der Waals surface area contributed by atoms with Gasteiger partial charge in [0.15, 0.2) is 17.5 Å². The smallest absolute Gasteiger partial charge is 0.251 e. The van der Waals surface area contributed by atoms with Crippen molar-refractivity contribution in [3.63, 3.8) is 0 Å². The number of rotatable bonds is 7. The molecule has 3 amide bonds. The van der Waals surface area contributed by atoms with E-state index in [9.17, 15) is 27.6 Å². The van der Waals surface area contributed by atoms with Gasteiger partial charge in [-0.3, -0.25) is 14.4 Å². The van der Waals surface area contributed by atoms with Gasteiger partial charge in [-0.15, -0.1) is 0 Å². The van der Waals surface area contributed by atoms with E-state index in [4.69, 9.17) is 0 Å². The minimum atomic E-state index is -1.71. The van der Waals surface area contributed by atoms with Crippen LogP contribution in [0.2, 0.25) is 0 Å². The number of carbonyl (C=O) groups is 3. The van der Waals surface area contributed by atoms with Crippen molar-refractivity contribution < 1.29 is 27.6 Å². The molecule has 160 valence electrons. The first-order valence-electron chi connectivity index (χ1n) is 9.18. The topological polar surface area (TPSA) is 87.3 Å². The Morgan fingerprint density at radius 1 is 0.933 bits per heavy atom. The Kier molecular flexibility index (Phi) is 7.57. The number of anilines is 1. The van der Waals surface area contributed by atoms with Crippen LogP contribution in [0.25, 0.3) is 0 Å². The molecule has 0 aliphatic carbocycles. The number of hydrogen-bond acceptors (Lipinski definition) is 3. The highest BCUT2D eigenvalue weighted by atomic mass is 19.2. The Morgan fingerprint density at radius 2 is 1.57 bits per heavy atom. The van der Waals surface area contributed by atoms with Crippen molar-refractivity contribution in [1.82, 2.24) is 10.6 Å². The van der Waals surface area contributed by atoms with Crippen LogP contribution < -0.4 is 16.0 Å². The lowest BCUT2D eigenvalue weighted by Crippen LogP contribution is -2.51. The van der Waals surface area contributed by atoms with Gasteiger partial charge in [0.25, 0.3) is 5.91 Å². The summed E-state index contributed by atoms with van der Waals surface area (Å²) in [6.07, 6.45) is 0. The average Bonchev–Trinajstić information content (AvgIpc) is 2.70. The Balaban J connectivity index is 1.96. The minimum absolute atomic E-state index is 0.286. The van der Waals surface area contributed by atoms with E-state index in [1.165, 1.54) is 0 Å². The van der Waals surface area contributed by atoms with Crippen molar-refractivity contribution in [2.75, 3.05) is 11.9 Å². The predicted octanol–water partition coefficient (Wildman–Crippen LogP) is 2.92. The summed E-state index contributed by atoms with van der Waals surface area (Å²) in [5, 5.41) is 7.00. The van der Waals surface area contributed by atoms with Crippen molar-refractivity contribution >= 4 is 23.4 Å². The normalized spacial score (nSPS) is 11.7. The maximum atomic E-state index is 13.6. The molecular formula is C21H22F3N3O3. The van der Waals surface area contributed by atoms with Crippen molar-refractivity contribution in [1.29, 1.82) is 0 Å². The van der Waals surface area contributed by atoms with Crippen LogP contribution in [-0.2, 0) is 9.59 Å². The van der Waals surface area contributed by atoms with Crippen LogP contribution in [0.4, 0.5) is 18.9 Å². The maximum Gasteiger partial charge on any atom is 0.251 e. The van der Waals surface area contributed by atoms with Crippen LogP contribution in [0.1, 0.15) is 29.8 Å². The highest BCUT2D eigenvalue weighted by Crippen LogP contribution is 2.19. The molecule has 0 unspecified atom stereocenters. The summed E-state index contributed by atoms with van der Waals surface area (Å²) < 4.78 is 39.8. The zero-order valence-corrected chi connectivity index (χ0v) is 16.7. The zero-order valence-electron chi connectivity index (χ0n) is 16.7. The molecule has 0 fully saturated rings. The second-order valence-electron chi connectivity index (χ2n) is 7.05. The fourth-order valence-electron chi connectivity index (χ4n) is 2.56. The third-order valence-corrected chi connectivity index (χ3v) is 4.28. The van der Waals surface area contributed by atoms with Crippen molar-refractivity contribution in [2.45, 2.75) is 26.8 Å². The highest BCUT2D eigenvalue weighted by molar-refractivity contribution is 5.99. The summed E-state index contributed by atoms with van der Waals surface area (Å²) >= 11 is 0. The first-order chi connectivity index (χ1) is 14.1. The molecule has 0 radical (unpaired) electrons. The van der Waals surface area contributed by atoms with E-state index in [2.05, 4.69) is 16.0 Å². The lowest BCUT2D eigenvalue weighted by atomic mass is 10.0. The van der Waals surface area contributed by atoms with Crippen LogP contribution in [0.15, 0.2) is 36.4 Å². The number of amides is 3. The summed E-state index contributed by atoms with van der Waals surface area (Å²) in [7, 11) is 0. The summed E-state index contributed by atoms with van der Waals surface area (Å²) in [6.45, 7) is 4.76. The summed E-state index contributed by atoms with van der Waals surface area (Å²) in [6, 6.07) is 7.40. The third kappa shape index (κ3) is 5.82. The average molecular weight is 421 g/mol. The van der Waals surface area contributed by atoms with Gasteiger partial charge in [-0.1, -0.05) is 31.5 Å². The molecule has 0 aliphatic rings. The van der Waals surface area contributed by atoms with Gasteiger partial charge in [0.1, 0.15) is 6.04 Å². The number of benzene rings is 2. The van der Waals surface area contributed by atoms with E-state index in [-0.39, 0.29) is 5.92 Å². The minimum Gasteiger partial charge on any atom is -0.345 e. The van der Waals surface area contributed by atoms with Gasteiger partial charge in [0.05, 0.1) is 12.2 Å². The lowest BCUT2D eigenvalue weighted by Gasteiger charge is -2.21. The molecule has 3 N–H and O–H groups in total. The molecule has 1 atom stereocenters. The molecule has 30 heavy (non-hydrogen) atoms. The SMILES string of the molecule is Cc1ccc(C(=O)N[C@H](C(=O)NCC(=O)Nc2ccc(F)c(F)c2F)C(C)C)cc1. The van der Waals surface area contributed by atoms with E-state index in [0.717, 1.165) is 11.6 Å². The molecule has 6 nitrogen and oxygen atoms in total. The van der Waals surface area contributed by atoms with E-state index < -0.39 is 53.4 Å². The second kappa shape index (κ2) is 9.91. The molecule has 0 bridgehead atoms. The summed E-state index contributed by atoms with van der Waals surface area (Å²) in [4.78, 5) is 36.7. The zero-order chi connectivity index (χ0) is 22.4. The quantitative estimate of drug-likeness (QED) is 0.601. The first-order valence-corrected chi connectivity index (χ1v) is 9.18. The van der Waals surface area contributed by atoms with Gasteiger partial charge in [0.2, 0.25) is 11.8 Å². The van der Waals surface area contributed by atoms with Gasteiger partial charge >= 0.3 is 0 Å². The van der Waals surface area contributed by atoms with Gasteiger partial charge < -0.3 is 16.0 Å². The van der Waals surface area contributed by atoms with Crippen LogP contribution in [0.3, 0.4) is 0 Å². The van der Waals surface area contributed by atoms with Crippen LogP contribution in [0, 0.1) is 30.3 Å². The fourth-order valence-corrected chi connectivity index (χ4v) is 2.56. The molecule has 9 heteroatoms. The second-order valence-corrected chi connectivity index (χ2v) is 7.05. The van der Waals surface area contributed by atoms with Crippen LogP contribution in [0.5, 0.6) is 0 Å². The largest absolute Gasteiger partial charge is 0.345 e. The predicted molar refractivity (Wildman–Crippen MR) is 105 cm³/mol. The molecule has 0 aliphatic heterocycles. The van der Waals surface area contributed by atoms with Gasteiger partial charge in [0, 0.05) is 5.56 Å². The number of halogens is 3. The molecule has 2 aromatic carbocycles. The molecule has 2 aromatic rings. The number of aryl methyl sites for hydroxylation is 1. The maximum absolute atomic E-state index is 13.6. The van der Waals surface area contributed by atoms with Crippen LogP contribution in [-0.4, -0.2) is 30.3 Å². The summed E-state index contributed by atoms with van der Waals surface area (Å²) in [5.41, 5.74) is 0.806. The van der Waals surface area contributed by atoms with E-state index in [0.29, 0.717) is 11.6 Å². The fraction of sp³-hybridized carbons (Fsp3) is 0.286. The monoisotopic (exact) mass is 421 g/mol. The Bertz CT molecular complexity index is 947. The van der Waals surface area contributed by atoms with Crippen molar-refractivity contribution in [3.05, 3.63) is 65.0 Å². The molecule has 0 aromatic heterocycles. The molecule has 0 saturated carbocycles. The molecule has 2 rings (SSSR count). The molecule has 0 saturated heterocycles. The molecular weight excluding hydrogens is 399 g/mol. The Hall–Kier alpha value is -3.36. The van der Waals surface area contributed by atoms with Crippen molar-refractivity contribution in [2.24, 2.45) is 5.92 Å². The Morgan fingerprint density at radius 3 is 2.17 bits per heavy atom. The van der Waals surface area contributed by atoms with E-state index >= 15 is 0 Å². The number of carbonyl (C=O) groups excluding carboxylic acids is 3. The number of hydrogen-bond donors (Lipinski definition) is 3. The first kappa shape index (κ1) is 22.9. The van der Waals surface area contributed by atoms with Gasteiger partial charge in [-0.05, 0) is 37.1 Å². The van der Waals surface area contributed by atoms with E-state index in [1.54, 1.807) is 38.1 Å².